The van der Waals surface area contributed by atoms with Gasteiger partial charge in [0.05, 0.1) is 42.1 Å². The first-order valence-electron chi connectivity index (χ1n) is 15.0. The van der Waals surface area contributed by atoms with Crippen molar-refractivity contribution in [1.82, 2.24) is 30.2 Å². The summed E-state index contributed by atoms with van der Waals surface area (Å²) in [5, 5.41) is 2.78. The molecule has 0 aliphatic carbocycles. The van der Waals surface area contributed by atoms with E-state index in [9.17, 15) is 9.59 Å². The first-order valence-corrected chi connectivity index (χ1v) is 15.0. The molecule has 2 aliphatic rings. The zero-order valence-electron chi connectivity index (χ0n) is 26.5. The second-order valence-electron chi connectivity index (χ2n) is 13.2. The van der Waals surface area contributed by atoms with Gasteiger partial charge in [0.2, 0.25) is 0 Å². The van der Waals surface area contributed by atoms with Crippen LogP contribution in [0.5, 0.6) is 0 Å². The van der Waals surface area contributed by atoms with E-state index >= 15 is 0 Å². The van der Waals surface area contributed by atoms with Crippen molar-refractivity contribution in [2.45, 2.75) is 91.0 Å². The number of aromatic amines is 1. The molecule has 1 saturated heterocycles. The third-order valence-electron chi connectivity index (χ3n) is 7.24. The van der Waals surface area contributed by atoms with Gasteiger partial charge in [-0.15, -0.1) is 0 Å². The molecule has 44 heavy (non-hydrogen) atoms. The molecule has 232 valence electrons. The molecule has 0 bridgehead atoms. The van der Waals surface area contributed by atoms with Gasteiger partial charge in [0, 0.05) is 30.4 Å². The number of likely N-dealkylation sites (tertiary alicyclic amines) is 1. The molecule has 0 saturated carbocycles. The van der Waals surface area contributed by atoms with Gasteiger partial charge in [-0.05, 0) is 72.4 Å². The van der Waals surface area contributed by atoms with Crippen LogP contribution in [0.3, 0.4) is 0 Å². The van der Waals surface area contributed by atoms with Crippen LogP contribution in [0.15, 0.2) is 54.0 Å². The van der Waals surface area contributed by atoms with Crippen molar-refractivity contribution in [2.75, 3.05) is 6.54 Å². The summed E-state index contributed by atoms with van der Waals surface area (Å²) in [6.45, 7) is 13.6. The van der Waals surface area contributed by atoms with Gasteiger partial charge in [0.1, 0.15) is 22.7 Å². The van der Waals surface area contributed by atoms with Crippen LogP contribution in [-0.2, 0) is 9.47 Å². The molecule has 11 heteroatoms. The number of aliphatic imine (C=N–C) groups is 1. The fraction of sp³-hybridized carbons (Fsp3) is 0.455. The number of hydrogen-bond acceptors (Lipinski definition) is 8. The number of amides is 2. The lowest BCUT2D eigenvalue weighted by atomic mass is 9.97. The van der Waals surface area contributed by atoms with E-state index in [1.54, 1.807) is 18.6 Å². The average molecular weight is 600 g/mol. The highest BCUT2D eigenvalue weighted by atomic mass is 16.6. The Labute approximate surface area is 258 Å². The molecular formula is C33H41N7O4. The van der Waals surface area contributed by atoms with Crippen molar-refractivity contribution in [3.63, 3.8) is 0 Å². The summed E-state index contributed by atoms with van der Waals surface area (Å²) < 4.78 is 11.0. The number of carbonyl (C=O) groups excluding carboxylic acids is 2. The zero-order valence-corrected chi connectivity index (χ0v) is 26.5. The van der Waals surface area contributed by atoms with Crippen molar-refractivity contribution in [3.8, 4) is 22.6 Å². The van der Waals surface area contributed by atoms with E-state index in [1.807, 2.05) is 71.7 Å². The quantitative estimate of drug-likeness (QED) is 0.322. The maximum absolute atomic E-state index is 12.8. The van der Waals surface area contributed by atoms with Gasteiger partial charge < -0.3 is 19.8 Å². The first-order chi connectivity index (χ1) is 20.8. The molecule has 2 amide bonds. The van der Waals surface area contributed by atoms with E-state index in [1.165, 1.54) is 0 Å². The number of allylic oxidation sites excluding steroid dienone is 1. The fourth-order valence-electron chi connectivity index (χ4n) is 5.19. The number of nitrogens with zero attached hydrogens (tertiary/aromatic N) is 5. The summed E-state index contributed by atoms with van der Waals surface area (Å²) in [7, 11) is 0. The number of hydrogen-bond donors (Lipinski definition) is 2. The van der Waals surface area contributed by atoms with E-state index in [2.05, 4.69) is 37.4 Å². The molecule has 1 fully saturated rings. The minimum atomic E-state index is -0.580. The summed E-state index contributed by atoms with van der Waals surface area (Å²) in [5.74, 6) is 0.589. The Kier molecular flexibility index (Phi) is 8.58. The van der Waals surface area contributed by atoms with Crippen LogP contribution in [0.4, 0.5) is 9.59 Å². The number of aromatic nitrogens is 4. The van der Waals surface area contributed by atoms with Gasteiger partial charge >= 0.3 is 12.2 Å². The normalized spacial score (nSPS) is 17.6. The second-order valence-corrected chi connectivity index (χ2v) is 13.2. The largest absolute Gasteiger partial charge is 0.444 e. The molecule has 5 rings (SSSR count). The monoisotopic (exact) mass is 599 g/mol. The summed E-state index contributed by atoms with van der Waals surface area (Å²) in [4.78, 5) is 48.2. The summed E-state index contributed by atoms with van der Waals surface area (Å²) in [6.07, 6.45) is 8.78. The number of H-pyrrole nitrogens is 1. The second kappa shape index (κ2) is 12.2. The van der Waals surface area contributed by atoms with Gasteiger partial charge in [-0.2, -0.15) is 0 Å². The minimum absolute atomic E-state index is 0.0259. The highest BCUT2D eigenvalue weighted by Crippen LogP contribution is 2.31. The molecule has 11 nitrogen and oxygen atoms in total. The summed E-state index contributed by atoms with van der Waals surface area (Å²) in [6, 6.07) is 7.79. The Morgan fingerprint density at radius 3 is 2.25 bits per heavy atom. The van der Waals surface area contributed by atoms with Crippen LogP contribution in [0, 0.1) is 0 Å². The number of carbonyl (C=O) groups is 2. The van der Waals surface area contributed by atoms with Crippen molar-refractivity contribution in [2.24, 2.45) is 4.99 Å². The molecule has 4 heterocycles. The highest BCUT2D eigenvalue weighted by Gasteiger charge is 2.36. The Morgan fingerprint density at radius 2 is 1.59 bits per heavy atom. The van der Waals surface area contributed by atoms with Crippen molar-refractivity contribution >= 4 is 23.5 Å². The Morgan fingerprint density at radius 1 is 0.932 bits per heavy atom. The van der Waals surface area contributed by atoms with Crippen molar-refractivity contribution in [1.29, 1.82) is 0 Å². The number of alkyl carbamates (subject to hydrolysis) is 1. The predicted molar refractivity (Wildman–Crippen MR) is 169 cm³/mol. The van der Waals surface area contributed by atoms with E-state index in [0.29, 0.717) is 30.2 Å². The minimum Gasteiger partial charge on any atom is -0.444 e. The molecule has 2 aliphatic heterocycles. The number of nitrogens with one attached hydrogen (secondary N) is 2. The summed E-state index contributed by atoms with van der Waals surface area (Å²) in [5.41, 5.74) is 5.13. The van der Waals surface area contributed by atoms with Crippen molar-refractivity contribution < 1.29 is 19.1 Å². The highest BCUT2D eigenvalue weighted by molar-refractivity contribution is 6.03. The molecule has 3 aromatic rings. The molecule has 0 radical (unpaired) electrons. The Hall–Kier alpha value is -4.54. The lowest BCUT2D eigenvalue weighted by Crippen LogP contribution is -2.43. The van der Waals surface area contributed by atoms with Crippen molar-refractivity contribution in [3.05, 3.63) is 60.4 Å². The van der Waals surface area contributed by atoms with Gasteiger partial charge in [0.25, 0.3) is 0 Å². The fourth-order valence-corrected chi connectivity index (χ4v) is 5.19. The van der Waals surface area contributed by atoms with Crippen LogP contribution in [0.2, 0.25) is 0 Å². The SMILES string of the molecule is C[C@H](NC(=O)OC(C)(C)C)c1ncc(-c2cnc(-c3ccc(C4=CN=C([C@@H]5CCCN5C(=O)OC(C)(C)C)C4)cc3)cn2)[nH]1. The standard InChI is InChI=1S/C33H41N7O4/c1-20(38-30(41)43-32(2,3)4)29-37-19-27(39-29)26-18-35-25(17-36-26)22-12-10-21(11-13-22)23-15-24(34-16-23)28-9-8-14-40(28)31(42)44-33(5,6)7/h10-13,16-20,28H,8-9,14-15H2,1-7H3,(H,37,39)(H,38,41)/t20-,28-/m0/s1. The molecular weight excluding hydrogens is 558 g/mol. The predicted octanol–water partition coefficient (Wildman–Crippen LogP) is 6.70. The summed E-state index contributed by atoms with van der Waals surface area (Å²) >= 11 is 0. The van der Waals surface area contributed by atoms with Gasteiger partial charge in [-0.25, -0.2) is 14.6 Å². The van der Waals surface area contributed by atoms with Crippen LogP contribution in [0.25, 0.3) is 28.2 Å². The number of benzene rings is 1. The topological polar surface area (TPSA) is 135 Å². The van der Waals surface area contributed by atoms with Crippen LogP contribution in [0.1, 0.15) is 85.2 Å². The zero-order chi connectivity index (χ0) is 31.6. The smallest absolute Gasteiger partial charge is 0.410 e. The lowest BCUT2D eigenvalue weighted by Gasteiger charge is -2.28. The molecule has 0 unspecified atom stereocenters. The lowest BCUT2D eigenvalue weighted by molar-refractivity contribution is 0.0265. The average Bonchev–Trinajstić information content (AvgIpc) is 3.72. The van der Waals surface area contributed by atoms with E-state index in [-0.39, 0.29) is 18.2 Å². The maximum Gasteiger partial charge on any atom is 0.410 e. The van der Waals surface area contributed by atoms with E-state index in [4.69, 9.17) is 14.5 Å². The third-order valence-corrected chi connectivity index (χ3v) is 7.24. The molecule has 2 atom stereocenters. The van der Waals surface area contributed by atoms with Gasteiger partial charge in [-0.1, -0.05) is 24.3 Å². The van der Waals surface area contributed by atoms with E-state index < -0.39 is 17.3 Å². The Balaban J connectivity index is 1.18. The number of rotatable bonds is 6. The molecule has 0 spiro atoms. The first kappa shape index (κ1) is 30.9. The number of ether oxygens (including phenoxy) is 2. The van der Waals surface area contributed by atoms with Crippen LogP contribution >= 0.6 is 0 Å². The number of imidazole rings is 1. The van der Waals surface area contributed by atoms with E-state index in [0.717, 1.165) is 40.9 Å². The van der Waals surface area contributed by atoms with Gasteiger partial charge in [0.15, 0.2) is 0 Å². The van der Waals surface area contributed by atoms with Crippen LogP contribution < -0.4 is 5.32 Å². The third kappa shape index (κ3) is 7.50. The Bertz CT molecular complexity index is 1560. The maximum atomic E-state index is 12.8. The molecule has 2 aromatic heterocycles. The molecule has 1 aromatic carbocycles. The van der Waals surface area contributed by atoms with Crippen LogP contribution in [-0.4, -0.2) is 66.5 Å². The molecule has 2 N–H and O–H groups in total. The van der Waals surface area contributed by atoms with Gasteiger partial charge in [-0.3, -0.25) is 19.9 Å².